The highest BCUT2D eigenvalue weighted by Gasteiger charge is 2.19. The number of rotatable bonds is 9. The highest BCUT2D eigenvalue weighted by molar-refractivity contribution is 6.01. The molecule has 1 unspecified atom stereocenters. The maximum absolute atomic E-state index is 12.6. The Labute approximate surface area is 147 Å². The molecule has 2 aromatic carbocycles. The van der Waals surface area contributed by atoms with Crippen molar-refractivity contribution in [2.45, 2.75) is 19.1 Å². The van der Waals surface area contributed by atoms with Gasteiger partial charge in [-0.15, -0.1) is 0 Å². The first-order valence-corrected chi connectivity index (χ1v) is 8.04. The number of nitrogens with zero attached hydrogens (tertiary/aromatic N) is 1. The van der Waals surface area contributed by atoms with Crippen LogP contribution < -0.4 is 0 Å². The number of carbonyl (C=O) groups excluding carboxylic acids is 3. The van der Waals surface area contributed by atoms with Gasteiger partial charge in [0, 0.05) is 25.6 Å². The summed E-state index contributed by atoms with van der Waals surface area (Å²) in [7, 11) is 1.63. The van der Waals surface area contributed by atoms with Gasteiger partial charge in [0.05, 0.1) is 18.3 Å². The monoisotopic (exact) mass is 339 g/mol. The fourth-order valence-electron chi connectivity index (χ4n) is 2.48. The van der Waals surface area contributed by atoms with Crippen LogP contribution in [0.4, 0.5) is 0 Å². The van der Waals surface area contributed by atoms with E-state index >= 15 is 0 Å². The molecule has 2 aromatic rings. The molecule has 0 heterocycles. The number of aldehydes is 2. The Morgan fingerprint density at radius 2 is 1.76 bits per heavy atom. The molecular weight excluding hydrogens is 318 g/mol. The lowest BCUT2D eigenvalue weighted by Gasteiger charge is -2.24. The molecule has 130 valence electrons. The average molecular weight is 339 g/mol. The second-order valence-electron chi connectivity index (χ2n) is 5.71. The Morgan fingerprint density at radius 1 is 1.08 bits per heavy atom. The molecule has 0 saturated carbocycles. The Bertz CT molecular complexity index is 715. The lowest BCUT2D eigenvalue weighted by atomic mass is 10.1. The second kappa shape index (κ2) is 9.49. The fourth-order valence-corrected chi connectivity index (χ4v) is 2.48. The van der Waals surface area contributed by atoms with Gasteiger partial charge in [0.25, 0.3) is 5.91 Å². The zero-order chi connectivity index (χ0) is 18.1. The first kappa shape index (κ1) is 18.5. The number of hydrogen-bond acceptors (Lipinski definition) is 4. The molecule has 0 fully saturated rings. The Hall–Kier alpha value is -2.79. The molecule has 0 radical (unpaired) electrons. The normalized spacial score (nSPS) is 11.6. The van der Waals surface area contributed by atoms with Crippen LogP contribution in [0.5, 0.6) is 0 Å². The number of amides is 1. The molecule has 1 amide bonds. The maximum Gasteiger partial charge on any atom is 0.254 e. The average Bonchev–Trinajstić information content (AvgIpc) is 2.66. The number of ether oxygens (including phenoxy) is 1. The lowest BCUT2D eigenvalue weighted by Crippen LogP contribution is -2.36. The molecule has 0 saturated heterocycles. The van der Waals surface area contributed by atoms with Gasteiger partial charge in [-0.05, 0) is 11.6 Å². The summed E-state index contributed by atoms with van der Waals surface area (Å²) in [4.78, 5) is 36.1. The van der Waals surface area contributed by atoms with Crippen LogP contribution >= 0.6 is 0 Å². The molecule has 0 spiro atoms. The zero-order valence-electron chi connectivity index (χ0n) is 14.1. The number of benzene rings is 2. The van der Waals surface area contributed by atoms with Gasteiger partial charge in [0.1, 0.15) is 6.29 Å². The van der Waals surface area contributed by atoms with Crippen LogP contribution in [0.25, 0.3) is 0 Å². The number of hydrogen-bond donors (Lipinski definition) is 0. The van der Waals surface area contributed by atoms with E-state index in [1.54, 1.807) is 31.3 Å². The largest absolute Gasteiger partial charge is 0.371 e. The summed E-state index contributed by atoms with van der Waals surface area (Å²) in [5.74, 6) is -0.276. The highest BCUT2D eigenvalue weighted by atomic mass is 16.5. The predicted octanol–water partition coefficient (Wildman–Crippen LogP) is 2.75. The molecule has 0 bridgehead atoms. The molecule has 0 aliphatic rings. The third kappa shape index (κ3) is 5.36. The van der Waals surface area contributed by atoms with Crippen molar-refractivity contribution in [3.05, 3.63) is 71.3 Å². The van der Waals surface area contributed by atoms with Crippen molar-refractivity contribution in [1.82, 2.24) is 4.90 Å². The molecule has 0 aromatic heterocycles. The van der Waals surface area contributed by atoms with Crippen molar-refractivity contribution < 1.29 is 19.1 Å². The van der Waals surface area contributed by atoms with Gasteiger partial charge in [-0.1, -0.05) is 48.5 Å². The quantitative estimate of drug-likeness (QED) is 0.659. The molecule has 5 nitrogen and oxygen atoms in total. The first-order valence-electron chi connectivity index (χ1n) is 8.04. The van der Waals surface area contributed by atoms with E-state index in [9.17, 15) is 14.4 Å². The summed E-state index contributed by atoms with van der Waals surface area (Å²) in [5.41, 5.74) is 1.68. The van der Waals surface area contributed by atoms with Gasteiger partial charge in [0.2, 0.25) is 0 Å². The van der Waals surface area contributed by atoms with Crippen molar-refractivity contribution >= 4 is 18.5 Å². The minimum absolute atomic E-state index is 0.194. The van der Waals surface area contributed by atoms with Crippen molar-refractivity contribution in [2.24, 2.45) is 0 Å². The lowest BCUT2D eigenvalue weighted by molar-refractivity contribution is -0.111. The van der Waals surface area contributed by atoms with Crippen molar-refractivity contribution in [1.29, 1.82) is 0 Å². The van der Waals surface area contributed by atoms with Crippen molar-refractivity contribution in [2.75, 3.05) is 13.6 Å². The van der Waals surface area contributed by atoms with E-state index in [1.807, 2.05) is 30.3 Å². The van der Waals surface area contributed by atoms with Crippen LogP contribution in [-0.2, 0) is 16.1 Å². The summed E-state index contributed by atoms with van der Waals surface area (Å²) in [6.07, 6.45) is 1.23. The van der Waals surface area contributed by atoms with Crippen LogP contribution in [0.3, 0.4) is 0 Å². The topological polar surface area (TPSA) is 63.7 Å². The highest BCUT2D eigenvalue weighted by Crippen LogP contribution is 2.12. The smallest absolute Gasteiger partial charge is 0.254 e. The minimum Gasteiger partial charge on any atom is -0.371 e. The fraction of sp³-hybridized carbons (Fsp3) is 0.250. The summed E-state index contributed by atoms with van der Waals surface area (Å²) in [6.45, 7) is 0.629. The van der Waals surface area contributed by atoms with Gasteiger partial charge in [-0.3, -0.25) is 9.59 Å². The van der Waals surface area contributed by atoms with E-state index in [4.69, 9.17) is 4.74 Å². The Balaban J connectivity index is 2.01. The van der Waals surface area contributed by atoms with E-state index in [1.165, 1.54) is 4.90 Å². The summed E-state index contributed by atoms with van der Waals surface area (Å²) in [5, 5.41) is 0. The Morgan fingerprint density at radius 3 is 2.44 bits per heavy atom. The van der Waals surface area contributed by atoms with Gasteiger partial charge >= 0.3 is 0 Å². The van der Waals surface area contributed by atoms with Gasteiger partial charge in [-0.25, -0.2) is 0 Å². The van der Waals surface area contributed by atoms with Crippen LogP contribution in [-0.4, -0.2) is 43.1 Å². The third-order valence-corrected chi connectivity index (χ3v) is 3.83. The predicted molar refractivity (Wildman–Crippen MR) is 94.5 cm³/mol. The molecule has 5 heteroatoms. The number of carbonyl (C=O) groups is 3. The van der Waals surface area contributed by atoms with Crippen LogP contribution in [0.1, 0.15) is 32.7 Å². The second-order valence-corrected chi connectivity index (χ2v) is 5.71. The van der Waals surface area contributed by atoms with Gasteiger partial charge in [0.15, 0.2) is 6.29 Å². The maximum atomic E-state index is 12.6. The molecule has 1 atom stereocenters. The van der Waals surface area contributed by atoms with E-state index in [2.05, 4.69) is 0 Å². The Kier molecular flexibility index (Phi) is 7.04. The van der Waals surface area contributed by atoms with Gasteiger partial charge in [-0.2, -0.15) is 0 Å². The third-order valence-electron chi connectivity index (χ3n) is 3.83. The standard InChI is InChI=1S/C20H21NO4/c1-21(20(24)19-10-6-5-9-17(19)14-23)13-18(11-12-22)25-15-16-7-3-2-4-8-16/h2-10,12,14,18H,11,13,15H2,1H3. The summed E-state index contributed by atoms with van der Waals surface area (Å²) < 4.78 is 5.79. The van der Waals surface area contributed by atoms with Crippen molar-refractivity contribution in [3.8, 4) is 0 Å². The van der Waals surface area contributed by atoms with E-state index in [0.29, 0.717) is 24.0 Å². The van der Waals surface area contributed by atoms with Gasteiger partial charge < -0.3 is 14.4 Å². The molecule has 0 aliphatic carbocycles. The minimum atomic E-state index is -0.407. The first-order chi connectivity index (χ1) is 12.2. The van der Waals surface area contributed by atoms with Crippen LogP contribution in [0, 0.1) is 0 Å². The molecule has 0 aliphatic heterocycles. The molecular formula is C20H21NO4. The number of likely N-dealkylation sites (N-methyl/N-ethyl adjacent to an activating group) is 1. The summed E-state index contributed by atoms with van der Waals surface area (Å²) in [6, 6.07) is 16.3. The molecule has 25 heavy (non-hydrogen) atoms. The van der Waals surface area contributed by atoms with Crippen molar-refractivity contribution in [3.63, 3.8) is 0 Å². The van der Waals surface area contributed by atoms with E-state index in [0.717, 1.165) is 11.8 Å². The van der Waals surface area contributed by atoms with Crippen LogP contribution in [0.15, 0.2) is 54.6 Å². The van der Waals surface area contributed by atoms with E-state index in [-0.39, 0.29) is 18.9 Å². The van der Waals surface area contributed by atoms with Crippen LogP contribution in [0.2, 0.25) is 0 Å². The summed E-state index contributed by atoms with van der Waals surface area (Å²) >= 11 is 0. The SMILES string of the molecule is CN(CC(CC=O)OCc1ccccc1)C(=O)c1ccccc1C=O. The zero-order valence-corrected chi connectivity index (χ0v) is 14.1. The molecule has 2 rings (SSSR count). The molecule has 0 N–H and O–H groups in total. The van der Waals surface area contributed by atoms with E-state index < -0.39 is 6.10 Å².